The van der Waals surface area contributed by atoms with Crippen molar-refractivity contribution >= 4 is 49.4 Å². The number of benzene rings is 2. The van der Waals surface area contributed by atoms with Gasteiger partial charge in [-0.15, -0.1) is 0 Å². The van der Waals surface area contributed by atoms with Crippen LogP contribution in [0.3, 0.4) is 0 Å². The molecular weight excluding hydrogens is 492 g/mol. The molecule has 2 N–H and O–H groups in total. The molecule has 0 saturated carbocycles. The number of para-hydroxylation sites is 1. The normalized spacial score (nSPS) is 15.9. The minimum Gasteiger partial charge on any atom is -0.483 e. The topological polar surface area (TPSA) is 76.7 Å². The van der Waals surface area contributed by atoms with E-state index in [2.05, 4.69) is 42.5 Å². The van der Waals surface area contributed by atoms with Crippen molar-refractivity contribution in [2.24, 2.45) is 0 Å². The molecule has 1 atom stereocenters. The Morgan fingerprint density at radius 3 is 2.75 bits per heavy atom. The van der Waals surface area contributed by atoms with Gasteiger partial charge in [-0.05, 0) is 59.1 Å². The van der Waals surface area contributed by atoms with Crippen LogP contribution in [0.15, 0.2) is 51.4 Å². The second kappa shape index (κ2) is 10.0. The fourth-order valence-electron chi connectivity index (χ4n) is 2.82. The van der Waals surface area contributed by atoms with Crippen molar-refractivity contribution in [2.45, 2.75) is 18.9 Å². The van der Waals surface area contributed by atoms with E-state index in [1.807, 2.05) is 12.1 Å². The zero-order valence-corrected chi connectivity index (χ0v) is 18.2. The van der Waals surface area contributed by atoms with Gasteiger partial charge in [0.25, 0.3) is 11.8 Å². The summed E-state index contributed by atoms with van der Waals surface area (Å²) in [6.45, 7) is 1.02. The lowest BCUT2D eigenvalue weighted by atomic mass is 10.1. The molecule has 2 amide bonds. The van der Waals surface area contributed by atoms with E-state index in [0.29, 0.717) is 23.5 Å². The van der Waals surface area contributed by atoms with Gasteiger partial charge in [0, 0.05) is 17.6 Å². The number of nitrogens with one attached hydrogen (secondary N) is 2. The maximum Gasteiger partial charge on any atom is 0.262 e. The summed E-state index contributed by atoms with van der Waals surface area (Å²) in [7, 11) is 0. The molecular formula is C20H20Br2N2O4. The summed E-state index contributed by atoms with van der Waals surface area (Å²) in [6, 6.07) is 12.3. The number of carbonyl (C=O) groups is 2. The molecule has 0 aliphatic carbocycles. The number of hydrogen-bond donors (Lipinski definition) is 2. The molecule has 2 aromatic carbocycles. The third-order valence-corrected chi connectivity index (χ3v) is 5.33. The third-order valence-electron chi connectivity index (χ3n) is 4.21. The van der Waals surface area contributed by atoms with Crippen LogP contribution in [0, 0.1) is 0 Å². The largest absolute Gasteiger partial charge is 0.483 e. The van der Waals surface area contributed by atoms with Gasteiger partial charge in [0.15, 0.2) is 6.61 Å². The van der Waals surface area contributed by atoms with Gasteiger partial charge in [-0.2, -0.15) is 0 Å². The Morgan fingerprint density at radius 2 is 2.00 bits per heavy atom. The first-order valence-electron chi connectivity index (χ1n) is 8.89. The lowest BCUT2D eigenvalue weighted by Crippen LogP contribution is -2.32. The Hall–Kier alpha value is -1.90. The second-order valence-electron chi connectivity index (χ2n) is 6.30. The van der Waals surface area contributed by atoms with Gasteiger partial charge >= 0.3 is 0 Å². The van der Waals surface area contributed by atoms with E-state index in [-0.39, 0.29) is 24.5 Å². The first-order valence-corrected chi connectivity index (χ1v) is 10.5. The molecule has 2 aromatic rings. The quantitative estimate of drug-likeness (QED) is 0.585. The highest BCUT2D eigenvalue weighted by atomic mass is 79.9. The second-order valence-corrected chi connectivity index (χ2v) is 8.07. The monoisotopic (exact) mass is 510 g/mol. The molecule has 1 fully saturated rings. The highest BCUT2D eigenvalue weighted by Gasteiger charge is 2.18. The van der Waals surface area contributed by atoms with Crippen LogP contribution in [0.5, 0.6) is 5.75 Å². The van der Waals surface area contributed by atoms with Crippen molar-refractivity contribution in [3.8, 4) is 5.75 Å². The van der Waals surface area contributed by atoms with Crippen LogP contribution in [-0.4, -0.2) is 37.7 Å². The van der Waals surface area contributed by atoms with Crippen LogP contribution in [0.4, 0.5) is 5.69 Å². The number of ether oxygens (including phenoxy) is 2. The average Bonchev–Trinajstić information content (AvgIpc) is 3.19. The highest BCUT2D eigenvalue weighted by molar-refractivity contribution is 9.11. The minimum absolute atomic E-state index is 0.0588. The van der Waals surface area contributed by atoms with E-state index in [9.17, 15) is 9.59 Å². The SMILES string of the molecule is O=C(COc1ccc(Br)cc1Br)Nc1ccccc1C(=O)NCC1CCCO1. The predicted octanol–water partition coefficient (Wildman–Crippen LogP) is 4.14. The van der Waals surface area contributed by atoms with Gasteiger partial charge in [-0.1, -0.05) is 28.1 Å². The predicted molar refractivity (Wildman–Crippen MR) is 114 cm³/mol. The number of rotatable bonds is 7. The number of anilines is 1. The Bertz CT molecular complexity index is 854. The molecule has 28 heavy (non-hydrogen) atoms. The number of halogens is 2. The van der Waals surface area contributed by atoms with Crippen LogP contribution >= 0.6 is 31.9 Å². The summed E-state index contributed by atoms with van der Waals surface area (Å²) in [5.41, 5.74) is 0.842. The molecule has 1 saturated heterocycles. The summed E-state index contributed by atoms with van der Waals surface area (Å²) in [6.07, 6.45) is 2.02. The van der Waals surface area contributed by atoms with E-state index in [1.54, 1.807) is 30.3 Å². The van der Waals surface area contributed by atoms with Crippen molar-refractivity contribution < 1.29 is 19.1 Å². The molecule has 0 bridgehead atoms. The van der Waals surface area contributed by atoms with Gasteiger partial charge in [0.05, 0.1) is 21.8 Å². The summed E-state index contributed by atoms with van der Waals surface area (Å²) in [5.74, 6) is -0.0434. The van der Waals surface area contributed by atoms with Gasteiger partial charge in [-0.25, -0.2) is 0 Å². The summed E-state index contributed by atoms with van der Waals surface area (Å²) >= 11 is 6.76. The van der Waals surface area contributed by atoms with Crippen LogP contribution in [-0.2, 0) is 9.53 Å². The fraction of sp³-hybridized carbons (Fsp3) is 0.300. The molecule has 1 heterocycles. The van der Waals surface area contributed by atoms with Gasteiger partial charge in [-0.3, -0.25) is 9.59 Å². The van der Waals surface area contributed by atoms with Crippen molar-refractivity contribution in [3.63, 3.8) is 0 Å². The zero-order chi connectivity index (χ0) is 19.9. The molecule has 3 rings (SSSR count). The molecule has 1 aliphatic rings. The van der Waals surface area contributed by atoms with Crippen LogP contribution in [0.2, 0.25) is 0 Å². The van der Waals surface area contributed by atoms with E-state index >= 15 is 0 Å². The zero-order valence-electron chi connectivity index (χ0n) is 15.0. The summed E-state index contributed by atoms with van der Waals surface area (Å²) < 4.78 is 12.7. The molecule has 0 aromatic heterocycles. The molecule has 1 aliphatic heterocycles. The molecule has 0 radical (unpaired) electrons. The van der Waals surface area contributed by atoms with Crippen molar-refractivity contribution in [2.75, 3.05) is 25.1 Å². The first-order chi connectivity index (χ1) is 13.5. The molecule has 0 spiro atoms. The fourth-order valence-corrected chi connectivity index (χ4v) is 3.98. The molecule has 6 nitrogen and oxygen atoms in total. The van der Waals surface area contributed by atoms with Crippen molar-refractivity contribution in [1.29, 1.82) is 0 Å². The lowest BCUT2D eigenvalue weighted by Gasteiger charge is -2.14. The smallest absolute Gasteiger partial charge is 0.262 e. The van der Waals surface area contributed by atoms with Gasteiger partial charge < -0.3 is 20.1 Å². The number of carbonyl (C=O) groups excluding carboxylic acids is 2. The first kappa shape index (κ1) is 20.8. The Balaban J connectivity index is 1.57. The Labute approximate surface area is 180 Å². The van der Waals surface area contributed by atoms with E-state index in [1.165, 1.54) is 0 Å². The molecule has 1 unspecified atom stereocenters. The Morgan fingerprint density at radius 1 is 1.18 bits per heavy atom. The van der Waals surface area contributed by atoms with Crippen molar-refractivity contribution in [3.05, 3.63) is 57.0 Å². The minimum atomic E-state index is -0.353. The molecule has 148 valence electrons. The standard InChI is InChI=1S/C20H20Br2N2O4/c21-13-7-8-18(16(22)10-13)28-12-19(25)24-17-6-2-1-5-15(17)20(26)23-11-14-4-3-9-27-14/h1-2,5-8,10,14H,3-4,9,11-12H2,(H,23,26)(H,24,25). The molecule has 8 heteroatoms. The van der Waals surface area contributed by atoms with Crippen LogP contribution in [0.25, 0.3) is 0 Å². The van der Waals surface area contributed by atoms with E-state index in [4.69, 9.17) is 9.47 Å². The highest BCUT2D eigenvalue weighted by Crippen LogP contribution is 2.28. The van der Waals surface area contributed by atoms with E-state index in [0.717, 1.165) is 28.4 Å². The summed E-state index contributed by atoms with van der Waals surface area (Å²) in [4.78, 5) is 24.8. The Kier molecular flexibility index (Phi) is 7.47. The van der Waals surface area contributed by atoms with Gasteiger partial charge in [0.2, 0.25) is 0 Å². The summed E-state index contributed by atoms with van der Waals surface area (Å²) in [5, 5.41) is 5.61. The number of amides is 2. The van der Waals surface area contributed by atoms with Crippen molar-refractivity contribution in [1.82, 2.24) is 5.32 Å². The van der Waals surface area contributed by atoms with Crippen LogP contribution in [0.1, 0.15) is 23.2 Å². The maximum atomic E-state index is 12.5. The van der Waals surface area contributed by atoms with Gasteiger partial charge in [0.1, 0.15) is 5.75 Å². The maximum absolute atomic E-state index is 12.5. The number of hydrogen-bond acceptors (Lipinski definition) is 4. The lowest BCUT2D eigenvalue weighted by molar-refractivity contribution is -0.118. The third kappa shape index (κ3) is 5.80. The average molecular weight is 512 g/mol. The van der Waals surface area contributed by atoms with E-state index < -0.39 is 0 Å². The van der Waals surface area contributed by atoms with Crippen LogP contribution < -0.4 is 15.4 Å².